The van der Waals surface area contributed by atoms with Crippen LogP contribution in [0.4, 0.5) is 17.6 Å². The van der Waals surface area contributed by atoms with E-state index in [2.05, 4.69) is 20.7 Å². The Labute approximate surface area is 104 Å². The van der Waals surface area contributed by atoms with E-state index in [1.54, 1.807) is 17.8 Å². The zero-order valence-corrected chi connectivity index (χ0v) is 10.7. The maximum Gasteiger partial charge on any atom is 0.223 e. The van der Waals surface area contributed by atoms with E-state index in [1.165, 1.54) is 0 Å². The van der Waals surface area contributed by atoms with Crippen molar-refractivity contribution in [3.8, 4) is 0 Å². The number of hydrogen-bond donors (Lipinski definition) is 5. The lowest BCUT2D eigenvalue weighted by Crippen LogP contribution is -2.31. The molecule has 2 unspecified atom stereocenters. The van der Waals surface area contributed by atoms with Crippen LogP contribution in [0.3, 0.4) is 0 Å². The van der Waals surface area contributed by atoms with Crippen LogP contribution in [0, 0.1) is 0 Å². The summed E-state index contributed by atoms with van der Waals surface area (Å²) in [5.41, 5.74) is 7.95. The second-order valence-corrected chi connectivity index (χ2v) is 4.61. The Morgan fingerprint density at radius 1 is 1.47 bits per heavy atom. The predicted octanol–water partition coefficient (Wildman–Crippen LogP) is -0.131. The third kappa shape index (κ3) is 3.91. The van der Waals surface area contributed by atoms with Gasteiger partial charge < -0.3 is 21.6 Å². The molecule has 96 valence electrons. The molecule has 8 heteroatoms. The Hall–Kier alpha value is -1.25. The summed E-state index contributed by atoms with van der Waals surface area (Å²) in [6.45, 7) is 2.06. The quantitative estimate of drug-likeness (QED) is 0.353. The molecule has 1 aromatic rings. The first-order chi connectivity index (χ1) is 8.10. The van der Waals surface area contributed by atoms with Gasteiger partial charge in [-0.25, -0.2) is 5.84 Å². The summed E-state index contributed by atoms with van der Waals surface area (Å²) in [6.07, 6.45) is 1.94. The van der Waals surface area contributed by atoms with Gasteiger partial charge in [0.2, 0.25) is 5.95 Å². The predicted molar refractivity (Wildman–Crippen MR) is 71.7 cm³/mol. The molecule has 7 nitrogen and oxygen atoms in total. The molecule has 0 aliphatic rings. The maximum atomic E-state index is 9.18. The van der Waals surface area contributed by atoms with E-state index >= 15 is 0 Å². The molecule has 17 heavy (non-hydrogen) atoms. The minimum Gasteiger partial charge on any atom is -0.395 e. The zero-order valence-electron chi connectivity index (χ0n) is 9.84. The molecule has 1 rings (SSSR count). The molecule has 0 amide bonds. The van der Waals surface area contributed by atoms with E-state index in [-0.39, 0.29) is 23.8 Å². The number of hydrogen-bond acceptors (Lipinski definition) is 8. The van der Waals surface area contributed by atoms with Gasteiger partial charge in [0.1, 0.15) is 11.6 Å². The summed E-state index contributed by atoms with van der Waals surface area (Å²) < 4.78 is 0. The summed E-state index contributed by atoms with van der Waals surface area (Å²) in [6, 6.07) is 1.71. The second-order valence-electron chi connectivity index (χ2n) is 3.53. The van der Waals surface area contributed by atoms with Crippen LogP contribution in [0.15, 0.2) is 6.07 Å². The Morgan fingerprint density at radius 2 is 2.12 bits per heavy atom. The molecule has 0 saturated heterocycles. The molecule has 0 aliphatic heterocycles. The first kappa shape index (κ1) is 13.8. The number of aromatic nitrogens is 2. The summed E-state index contributed by atoms with van der Waals surface area (Å²) in [4.78, 5) is 7.92. The van der Waals surface area contributed by atoms with E-state index < -0.39 is 0 Å². The van der Waals surface area contributed by atoms with Crippen LogP contribution in [0.2, 0.25) is 0 Å². The molecule has 0 radical (unpaired) electrons. The number of thioether (sulfide) groups is 1. The fourth-order valence-electron chi connectivity index (χ4n) is 1.38. The van der Waals surface area contributed by atoms with Crippen LogP contribution >= 0.6 is 11.8 Å². The Morgan fingerprint density at radius 3 is 2.65 bits per heavy atom. The van der Waals surface area contributed by atoms with Crippen LogP contribution < -0.4 is 22.3 Å². The van der Waals surface area contributed by atoms with Gasteiger partial charge >= 0.3 is 0 Å². The molecule has 2 atom stereocenters. The summed E-state index contributed by atoms with van der Waals surface area (Å²) >= 11 is 1.58. The molecular formula is C9H18N6OS. The average Bonchev–Trinajstić information content (AvgIpc) is 2.29. The van der Waals surface area contributed by atoms with Gasteiger partial charge in [0.15, 0.2) is 0 Å². The van der Waals surface area contributed by atoms with Crippen molar-refractivity contribution in [3.63, 3.8) is 0 Å². The van der Waals surface area contributed by atoms with Crippen LogP contribution in [0.1, 0.15) is 6.92 Å². The van der Waals surface area contributed by atoms with Crippen molar-refractivity contribution in [1.29, 1.82) is 0 Å². The lowest BCUT2D eigenvalue weighted by molar-refractivity contribution is 0.288. The summed E-state index contributed by atoms with van der Waals surface area (Å²) in [7, 11) is 0. The third-order valence-corrected chi connectivity index (χ3v) is 3.47. The van der Waals surface area contributed by atoms with Crippen molar-refractivity contribution in [2.45, 2.75) is 18.2 Å². The monoisotopic (exact) mass is 258 g/mol. The molecular weight excluding hydrogens is 240 g/mol. The topological polar surface area (TPSA) is 122 Å². The first-order valence-corrected chi connectivity index (χ1v) is 6.40. The van der Waals surface area contributed by atoms with Crippen molar-refractivity contribution in [1.82, 2.24) is 9.97 Å². The fourth-order valence-corrected chi connectivity index (χ4v) is 2.00. The standard InChI is InChI=1S/C9H18N6OS/c1-5(6(4-16)17-2)12-7-3-8(15-11)14-9(10)13-7/h3,5-6,16H,4,11H2,1-2H3,(H4,10,12,13,14,15). The molecule has 0 aliphatic carbocycles. The highest BCUT2D eigenvalue weighted by Crippen LogP contribution is 2.17. The largest absolute Gasteiger partial charge is 0.395 e. The van der Waals surface area contributed by atoms with E-state index in [0.717, 1.165) is 0 Å². The maximum absolute atomic E-state index is 9.18. The number of hydrazine groups is 1. The van der Waals surface area contributed by atoms with Crippen molar-refractivity contribution >= 4 is 29.3 Å². The first-order valence-electron chi connectivity index (χ1n) is 5.12. The van der Waals surface area contributed by atoms with E-state index in [4.69, 9.17) is 11.6 Å². The number of aliphatic hydroxyl groups is 1. The van der Waals surface area contributed by atoms with Crippen LogP contribution in [0.25, 0.3) is 0 Å². The number of nitrogens with one attached hydrogen (secondary N) is 2. The molecule has 0 fully saturated rings. The third-order valence-electron chi connectivity index (χ3n) is 2.31. The zero-order chi connectivity index (χ0) is 12.8. The number of nitrogens with two attached hydrogens (primary N) is 2. The number of aliphatic hydroxyl groups excluding tert-OH is 1. The van der Waals surface area contributed by atoms with Crippen molar-refractivity contribution in [2.75, 3.05) is 29.3 Å². The van der Waals surface area contributed by atoms with Gasteiger partial charge in [-0.05, 0) is 13.2 Å². The van der Waals surface area contributed by atoms with Gasteiger partial charge in [-0.1, -0.05) is 0 Å². The van der Waals surface area contributed by atoms with Gasteiger partial charge in [0, 0.05) is 17.4 Å². The van der Waals surface area contributed by atoms with Crippen molar-refractivity contribution < 1.29 is 5.11 Å². The number of nitrogens with zero attached hydrogens (tertiary/aromatic N) is 2. The molecule has 1 aromatic heterocycles. The molecule has 0 aromatic carbocycles. The highest BCUT2D eigenvalue weighted by Gasteiger charge is 2.15. The van der Waals surface area contributed by atoms with E-state index in [9.17, 15) is 5.11 Å². The second kappa shape index (κ2) is 6.48. The molecule has 0 bridgehead atoms. The molecule has 1 heterocycles. The van der Waals surface area contributed by atoms with E-state index in [0.29, 0.717) is 11.6 Å². The van der Waals surface area contributed by atoms with Gasteiger partial charge in [0.05, 0.1) is 6.61 Å². The number of rotatable bonds is 6. The van der Waals surface area contributed by atoms with Gasteiger partial charge in [-0.15, -0.1) is 0 Å². The average molecular weight is 258 g/mol. The molecule has 0 spiro atoms. The van der Waals surface area contributed by atoms with Gasteiger partial charge in [-0.2, -0.15) is 21.7 Å². The number of nitrogen functional groups attached to an aromatic ring is 2. The highest BCUT2D eigenvalue weighted by atomic mass is 32.2. The fraction of sp³-hybridized carbons (Fsp3) is 0.556. The minimum absolute atomic E-state index is 0.0509. The lowest BCUT2D eigenvalue weighted by Gasteiger charge is -2.22. The highest BCUT2D eigenvalue weighted by molar-refractivity contribution is 7.99. The lowest BCUT2D eigenvalue weighted by atomic mass is 10.2. The van der Waals surface area contributed by atoms with Gasteiger partial charge in [0.25, 0.3) is 0 Å². The van der Waals surface area contributed by atoms with Crippen molar-refractivity contribution in [2.24, 2.45) is 5.84 Å². The smallest absolute Gasteiger partial charge is 0.223 e. The van der Waals surface area contributed by atoms with E-state index in [1.807, 2.05) is 13.2 Å². The summed E-state index contributed by atoms with van der Waals surface area (Å²) in [5.74, 6) is 6.42. The van der Waals surface area contributed by atoms with Gasteiger partial charge in [-0.3, -0.25) is 0 Å². The Balaban J connectivity index is 2.76. The number of anilines is 3. The Kier molecular flexibility index (Phi) is 5.26. The normalized spacial score (nSPS) is 14.1. The van der Waals surface area contributed by atoms with Crippen LogP contribution in [0.5, 0.6) is 0 Å². The van der Waals surface area contributed by atoms with Crippen molar-refractivity contribution in [3.05, 3.63) is 6.07 Å². The summed E-state index contributed by atoms with van der Waals surface area (Å²) in [5, 5.41) is 12.4. The minimum atomic E-state index is 0.0509. The molecule has 7 N–H and O–H groups in total. The Bertz CT molecular complexity index is 359. The SMILES string of the molecule is CSC(CO)C(C)Nc1cc(NN)nc(N)n1. The van der Waals surface area contributed by atoms with Crippen LogP contribution in [-0.2, 0) is 0 Å². The van der Waals surface area contributed by atoms with Crippen LogP contribution in [-0.4, -0.2) is 39.2 Å². The molecule has 0 saturated carbocycles.